The summed E-state index contributed by atoms with van der Waals surface area (Å²) >= 11 is 0. The van der Waals surface area contributed by atoms with Crippen molar-refractivity contribution in [3.05, 3.63) is 64.5 Å². The summed E-state index contributed by atoms with van der Waals surface area (Å²) in [6.45, 7) is 2.65. The summed E-state index contributed by atoms with van der Waals surface area (Å²) in [5.74, 6) is -9.88. The van der Waals surface area contributed by atoms with Crippen LogP contribution in [0.1, 0.15) is 50.0 Å². The van der Waals surface area contributed by atoms with Crippen LogP contribution in [0, 0.1) is 35.0 Å². The largest absolute Gasteiger partial charge is 0.432 e. The summed E-state index contributed by atoms with van der Waals surface area (Å²) in [5.41, 5.74) is -1.93. The quantitative estimate of drug-likeness (QED) is 0.245. The molecule has 0 aliphatic carbocycles. The van der Waals surface area contributed by atoms with E-state index in [9.17, 15) is 30.7 Å². The topological polar surface area (TPSA) is 27.7 Å². The molecule has 176 valence electrons. The maximum absolute atomic E-state index is 14.4. The molecular weight excluding hydrogens is 445 g/mol. The molecular formula is C22H21F7O3. The summed E-state index contributed by atoms with van der Waals surface area (Å²) in [6, 6.07) is 1.50. The maximum Gasteiger partial charge on any atom is 0.432 e. The SMILES string of the molecule is CCCCCC1COC(c2cc(F)c(C(F)(F)Oc3cc(F)c(F)c(F)c3)c(F)c2)OC1. The van der Waals surface area contributed by atoms with Gasteiger partial charge in [-0.15, -0.1) is 0 Å². The van der Waals surface area contributed by atoms with Gasteiger partial charge in [0, 0.05) is 23.6 Å². The van der Waals surface area contributed by atoms with Gasteiger partial charge in [0.25, 0.3) is 0 Å². The molecule has 2 aromatic carbocycles. The average Bonchev–Trinajstić information content (AvgIpc) is 2.71. The summed E-state index contributed by atoms with van der Waals surface area (Å²) in [7, 11) is 0. The lowest BCUT2D eigenvalue weighted by atomic mass is 10.0. The number of rotatable bonds is 8. The van der Waals surface area contributed by atoms with Gasteiger partial charge in [-0.25, -0.2) is 22.0 Å². The minimum Gasteiger partial charge on any atom is -0.429 e. The molecule has 2 aromatic rings. The molecule has 0 atom stereocenters. The number of unbranched alkanes of at least 4 members (excludes halogenated alkanes) is 2. The van der Waals surface area contributed by atoms with Crippen molar-refractivity contribution in [3.63, 3.8) is 0 Å². The summed E-state index contributed by atoms with van der Waals surface area (Å²) in [6.07, 6.45) is -1.80. The van der Waals surface area contributed by atoms with Crippen LogP contribution >= 0.6 is 0 Å². The number of hydrogen-bond donors (Lipinski definition) is 0. The van der Waals surface area contributed by atoms with Gasteiger partial charge in [-0.2, -0.15) is 8.78 Å². The molecule has 0 radical (unpaired) electrons. The number of ether oxygens (including phenoxy) is 3. The highest BCUT2D eigenvalue weighted by Crippen LogP contribution is 2.38. The minimum atomic E-state index is -4.65. The number of benzene rings is 2. The van der Waals surface area contributed by atoms with Crippen LogP contribution < -0.4 is 4.74 Å². The molecule has 1 heterocycles. The van der Waals surface area contributed by atoms with Gasteiger partial charge in [-0.1, -0.05) is 26.2 Å². The van der Waals surface area contributed by atoms with Gasteiger partial charge in [-0.3, -0.25) is 0 Å². The van der Waals surface area contributed by atoms with E-state index in [0.29, 0.717) is 25.3 Å². The van der Waals surface area contributed by atoms with Crippen molar-refractivity contribution in [2.24, 2.45) is 5.92 Å². The van der Waals surface area contributed by atoms with Crippen molar-refractivity contribution < 1.29 is 44.9 Å². The molecule has 0 spiro atoms. The van der Waals surface area contributed by atoms with Crippen LogP contribution in [0.15, 0.2) is 24.3 Å². The molecule has 3 nitrogen and oxygen atoms in total. The van der Waals surface area contributed by atoms with Crippen LogP contribution in [-0.4, -0.2) is 13.2 Å². The van der Waals surface area contributed by atoms with Crippen LogP contribution in [0.25, 0.3) is 0 Å². The maximum atomic E-state index is 14.4. The van der Waals surface area contributed by atoms with Crippen LogP contribution in [0.4, 0.5) is 30.7 Å². The Balaban J connectivity index is 1.74. The van der Waals surface area contributed by atoms with E-state index < -0.39 is 52.8 Å². The Morgan fingerprint density at radius 1 is 0.875 bits per heavy atom. The molecule has 1 aliphatic heterocycles. The van der Waals surface area contributed by atoms with Gasteiger partial charge in [-0.05, 0) is 18.6 Å². The molecule has 3 rings (SSSR count). The van der Waals surface area contributed by atoms with Gasteiger partial charge >= 0.3 is 6.11 Å². The highest BCUT2D eigenvalue weighted by atomic mass is 19.3. The Hall–Kier alpha value is -2.33. The van der Waals surface area contributed by atoms with E-state index in [4.69, 9.17) is 9.47 Å². The van der Waals surface area contributed by atoms with Gasteiger partial charge in [0.2, 0.25) is 0 Å². The Morgan fingerprint density at radius 3 is 1.97 bits per heavy atom. The second kappa shape index (κ2) is 10.1. The smallest absolute Gasteiger partial charge is 0.429 e. The molecule has 10 heteroatoms. The normalized spacial score (nSPS) is 19.2. The third-order valence-electron chi connectivity index (χ3n) is 5.01. The molecule has 0 N–H and O–H groups in total. The van der Waals surface area contributed by atoms with Crippen molar-refractivity contribution in [1.29, 1.82) is 0 Å². The van der Waals surface area contributed by atoms with Gasteiger partial charge < -0.3 is 14.2 Å². The van der Waals surface area contributed by atoms with E-state index in [2.05, 4.69) is 11.7 Å². The van der Waals surface area contributed by atoms with Gasteiger partial charge in [0.15, 0.2) is 23.7 Å². The van der Waals surface area contributed by atoms with Crippen LogP contribution in [-0.2, 0) is 15.6 Å². The Morgan fingerprint density at radius 2 is 1.44 bits per heavy atom. The summed E-state index contributed by atoms with van der Waals surface area (Å²) in [4.78, 5) is 0. The predicted molar refractivity (Wildman–Crippen MR) is 99.5 cm³/mol. The fraction of sp³-hybridized carbons (Fsp3) is 0.455. The van der Waals surface area contributed by atoms with Crippen molar-refractivity contribution in [3.8, 4) is 5.75 Å². The zero-order valence-corrected chi connectivity index (χ0v) is 17.1. The third-order valence-corrected chi connectivity index (χ3v) is 5.01. The highest BCUT2D eigenvalue weighted by Gasteiger charge is 2.42. The number of halogens is 7. The number of hydrogen-bond acceptors (Lipinski definition) is 3. The second-order valence-corrected chi connectivity index (χ2v) is 7.54. The van der Waals surface area contributed by atoms with Crippen LogP contribution in [0.2, 0.25) is 0 Å². The summed E-state index contributed by atoms with van der Waals surface area (Å²) in [5, 5.41) is 0. The second-order valence-electron chi connectivity index (χ2n) is 7.54. The lowest BCUT2D eigenvalue weighted by molar-refractivity contribution is -0.206. The first-order valence-corrected chi connectivity index (χ1v) is 10.1. The summed E-state index contributed by atoms with van der Waals surface area (Å²) < 4.78 is 112. The minimum absolute atomic E-state index is 0.126. The fourth-order valence-electron chi connectivity index (χ4n) is 3.38. The first-order valence-electron chi connectivity index (χ1n) is 10.1. The molecule has 0 amide bonds. The van der Waals surface area contributed by atoms with E-state index in [1.54, 1.807) is 0 Å². The van der Waals surface area contributed by atoms with Crippen LogP contribution in [0.3, 0.4) is 0 Å². The standard InChI is InChI=1S/C22H21F7O3/c1-2-3-4-5-12-10-30-21(31-11-12)13-6-15(23)19(16(24)7-13)22(28,29)32-14-8-17(25)20(27)18(26)9-14/h6-9,12,21H,2-5,10-11H2,1H3. The third kappa shape index (κ3) is 5.53. The molecule has 0 saturated carbocycles. The van der Waals surface area contributed by atoms with E-state index in [1.165, 1.54) is 0 Å². The van der Waals surface area contributed by atoms with E-state index in [1.807, 2.05) is 0 Å². The zero-order chi connectivity index (χ0) is 23.5. The first-order chi connectivity index (χ1) is 15.1. The van der Waals surface area contributed by atoms with Gasteiger partial charge in [0.1, 0.15) is 22.9 Å². The average molecular weight is 466 g/mol. The van der Waals surface area contributed by atoms with E-state index >= 15 is 0 Å². The monoisotopic (exact) mass is 466 g/mol. The lowest BCUT2D eigenvalue weighted by Crippen LogP contribution is -2.28. The van der Waals surface area contributed by atoms with Crippen molar-refractivity contribution in [2.75, 3.05) is 13.2 Å². The fourth-order valence-corrected chi connectivity index (χ4v) is 3.38. The molecule has 0 bridgehead atoms. The number of alkyl halides is 2. The zero-order valence-electron chi connectivity index (χ0n) is 17.1. The molecule has 0 unspecified atom stereocenters. The Labute approximate surface area is 180 Å². The Bertz CT molecular complexity index is 897. The molecule has 32 heavy (non-hydrogen) atoms. The van der Waals surface area contributed by atoms with Gasteiger partial charge in [0.05, 0.1) is 13.2 Å². The van der Waals surface area contributed by atoms with Crippen molar-refractivity contribution in [2.45, 2.75) is 45.0 Å². The molecule has 1 fully saturated rings. The molecule has 0 aromatic heterocycles. The van der Waals surface area contributed by atoms with E-state index in [0.717, 1.165) is 25.7 Å². The molecule has 1 saturated heterocycles. The van der Waals surface area contributed by atoms with Crippen LogP contribution in [0.5, 0.6) is 5.75 Å². The lowest BCUT2D eigenvalue weighted by Gasteiger charge is -2.30. The van der Waals surface area contributed by atoms with E-state index in [-0.39, 0.29) is 23.6 Å². The van der Waals surface area contributed by atoms with Crippen molar-refractivity contribution >= 4 is 0 Å². The molecule has 1 aliphatic rings. The Kier molecular flexibility index (Phi) is 7.66. The van der Waals surface area contributed by atoms with Crippen molar-refractivity contribution in [1.82, 2.24) is 0 Å². The predicted octanol–water partition coefficient (Wildman–Crippen LogP) is 6.75. The first kappa shape index (κ1) is 24.3. The highest BCUT2D eigenvalue weighted by molar-refractivity contribution is 5.32.